The van der Waals surface area contributed by atoms with E-state index in [1.807, 2.05) is 53.2 Å². The largest absolute Gasteiger partial charge is 1.00 e. The van der Waals surface area contributed by atoms with E-state index in [0.717, 1.165) is 18.4 Å². The monoisotopic (exact) mass is 319 g/mol. The maximum absolute atomic E-state index is 12.1. The number of nitrogens with zero attached hydrogens (tertiary/aromatic N) is 1. The Morgan fingerprint density at radius 2 is 1.74 bits per heavy atom. The van der Waals surface area contributed by atoms with Crippen molar-refractivity contribution in [2.45, 2.75) is 26.3 Å². The fourth-order valence-corrected chi connectivity index (χ4v) is 2.02. The molecule has 100 valence electrons. The van der Waals surface area contributed by atoms with Gasteiger partial charge in [0.1, 0.15) is 0 Å². The Labute approximate surface area is 124 Å². The van der Waals surface area contributed by atoms with Gasteiger partial charge >= 0.3 is 0 Å². The highest BCUT2D eigenvalue weighted by Crippen LogP contribution is 2.01. The lowest BCUT2D eigenvalue weighted by atomic mass is 10.1. The molecule has 0 unspecified atom stereocenters. The Kier molecular flexibility index (Phi) is 6.43. The first-order valence-electron chi connectivity index (χ1n) is 6.37. The highest BCUT2D eigenvalue weighted by molar-refractivity contribution is 5.94. The molecule has 0 spiro atoms. The molecule has 2 rings (SSSR count). The average molecular weight is 320 g/mol. The van der Waals surface area contributed by atoms with Gasteiger partial charge in [0.05, 0.1) is 0 Å². The van der Waals surface area contributed by atoms with Gasteiger partial charge in [-0.3, -0.25) is 4.79 Å². The number of carbonyl (C=O) groups is 1. The van der Waals surface area contributed by atoms with Crippen LogP contribution < -0.4 is 21.5 Å². The summed E-state index contributed by atoms with van der Waals surface area (Å²) < 4.78 is 2.04. The number of benzene rings is 1. The predicted octanol–water partition coefficient (Wildman–Crippen LogP) is -0.186. The lowest BCUT2D eigenvalue weighted by Gasteiger charge is -2.02. The molecule has 0 aliphatic carbocycles. The smallest absolute Gasteiger partial charge is 0.227 e. The molecule has 0 aliphatic heterocycles. The summed E-state index contributed by atoms with van der Waals surface area (Å²) >= 11 is 0. The fourth-order valence-electron chi connectivity index (χ4n) is 2.02. The van der Waals surface area contributed by atoms with E-state index >= 15 is 0 Å². The van der Waals surface area contributed by atoms with Gasteiger partial charge in [-0.15, -0.1) is 0 Å². The normalized spacial score (nSPS) is 9.74. The first-order valence-corrected chi connectivity index (χ1v) is 6.37. The van der Waals surface area contributed by atoms with Crippen LogP contribution >= 0.6 is 0 Å². The van der Waals surface area contributed by atoms with Gasteiger partial charge in [-0.25, -0.2) is 0 Å². The Morgan fingerprint density at radius 1 is 1.05 bits per heavy atom. The van der Waals surface area contributed by atoms with E-state index in [4.69, 9.17) is 0 Å². The lowest BCUT2D eigenvalue weighted by Crippen LogP contribution is -3.00. The van der Waals surface area contributed by atoms with Crippen molar-refractivity contribution in [2.75, 3.05) is 0 Å². The van der Waals surface area contributed by atoms with Crippen molar-refractivity contribution in [1.29, 1.82) is 0 Å². The van der Waals surface area contributed by atoms with Crippen LogP contribution in [0.15, 0.2) is 54.7 Å². The van der Waals surface area contributed by atoms with Gasteiger partial charge in [-0.2, -0.15) is 4.57 Å². The molecule has 0 N–H and O–H groups in total. The Bertz CT molecular complexity index is 525. The fraction of sp³-hybridized carbons (Fsp3) is 0.250. The number of Topliss-reactive ketones (excluding diaryl/α,β-unsaturated/α-hetero) is 1. The van der Waals surface area contributed by atoms with Gasteiger partial charge in [0.15, 0.2) is 11.9 Å². The van der Waals surface area contributed by atoms with E-state index < -0.39 is 0 Å². The van der Waals surface area contributed by atoms with Crippen LogP contribution in [-0.2, 0) is 13.0 Å². The third-order valence-corrected chi connectivity index (χ3v) is 2.95. The maximum atomic E-state index is 12.1. The summed E-state index contributed by atoms with van der Waals surface area (Å²) in [6, 6.07) is 15.5. The van der Waals surface area contributed by atoms with E-state index in [1.165, 1.54) is 5.69 Å². The summed E-state index contributed by atoms with van der Waals surface area (Å²) in [6.07, 6.45) is 4.07. The second-order valence-corrected chi connectivity index (χ2v) is 4.36. The summed E-state index contributed by atoms with van der Waals surface area (Å²) in [5, 5.41) is 0. The molecular formula is C16H18BrNO. The number of aromatic nitrogens is 1. The minimum absolute atomic E-state index is 0. The lowest BCUT2D eigenvalue weighted by molar-refractivity contribution is -0.690. The number of hydrogen-bond donors (Lipinski definition) is 0. The molecule has 0 saturated heterocycles. The zero-order valence-electron chi connectivity index (χ0n) is 11.1. The summed E-state index contributed by atoms with van der Waals surface area (Å²) in [5.74, 6) is 0.157. The quantitative estimate of drug-likeness (QED) is 0.553. The first-order chi connectivity index (χ1) is 8.81. The van der Waals surface area contributed by atoms with Gasteiger partial charge in [-0.05, 0) is 6.42 Å². The van der Waals surface area contributed by atoms with Crippen molar-refractivity contribution in [3.05, 3.63) is 66.0 Å². The van der Waals surface area contributed by atoms with Crippen LogP contribution in [-0.4, -0.2) is 5.78 Å². The Balaban J connectivity index is 0.00000180. The van der Waals surface area contributed by atoms with E-state index in [0.29, 0.717) is 6.54 Å². The third kappa shape index (κ3) is 4.28. The molecule has 2 nitrogen and oxygen atoms in total. The summed E-state index contributed by atoms with van der Waals surface area (Å²) in [6.45, 7) is 2.57. The summed E-state index contributed by atoms with van der Waals surface area (Å²) in [4.78, 5) is 12.1. The molecule has 1 heterocycles. The Morgan fingerprint density at radius 3 is 2.42 bits per heavy atom. The van der Waals surface area contributed by atoms with Crippen LogP contribution in [0, 0.1) is 0 Å². The molecule has 0 aliphatic rings. The number of hydrogen-bond acceptors (Lipinski definition) is 1. The van der Waals surface area contributed by atoms with Crippen molar-refractivity contribution in [2.24, 2.45) is 0 Å². The number of rotatable bonds is 5. The number of carbonyl (C=O) groups excluding carboxylic acids is 1. The van der Waals surface area contributed by atoms with Gasteiger partial charge in [0.2, 0.25) is 12.3 Å². The molecule has 0 atom stereocenters. The minimum atomic E-state index is 0. The topological polar surface area (TPSA) is 20.9 Å². The third-order valence-electron chi connectivity index (χ3n) is 2.95. The molecule has 0 fully saturated rings. The molecule has 0 saturated carbocycles. The zero-order chi connectivity index (χ0) is 12.8. The molecule has 0 radical (unpaired) electrons. The van der Waals surface area contributed by atoms with Gasteiger partial charge in [0.25, 0.3) is 0 Å². The van der Waals surface area contributed by atoms with E-state index in [1.54, 1.807) is 0 Å². The molecule has 3 heteroatoms. The maximum Gasteiger partial charge on any atom is 0.227 e. The minimum Gasteiger partial charge on any atom is -1.00 e. The van der Waals surface area contributed by atoms with Crippen molar-refractivity contribution in [3.63, 3.8) is 0 Å². The molecular weight excluding hydrogens is 302 g/mol. The summed E-state index contributed by atoms with van der Waals surface area (Å²) in [5.41, 5.74) is 1.99. The van der Waals surface area contributed by atoms with Crippen LogP contribution in [0.25, 0.3) is 0 Å². The van der Waals surface area contributed by atoms with E-state index in [-0.39, 0.29) is 22.8 Å². The van der Waals surface area contributed by atoms with Crippen molar-refractivity contribution >= 4 is 5.78 Å². The van der Waals surface area contributed by atoms with Crippen LogP contribution in [0.5, 0.6) is 0 Å². The molecule has 1 aromatic heterocycles. The molecule has 1 aromatic carbocycles. The Hall–Kier alpha value is -1.48. The van der Waals surface area contributed by atoms with Crippen LogP contribution in [0.2, 0.25) is 0 Å². The molecule has 19 heavy (non-hydrogen) atoms. The predicted molar refractivity (Wildman–Crippen MR) is 71.4 cm³/mol. The number of aryl methyl sites for hydroxylation is 1. The van der Waals surface area contributed by atoms with E-state index in [9.17, 15) is 4.79 Å². The zero-order valence-corrected chi connectivity index (χ0v) is 12.6. The van der Waals surface area contributed by atoms with E-state index in [2.05, 4.69) is 13.0 Å². The van der Waals surface area contributed by atoms with Crippen LogP contribution in [0.3, 0.4) is 0 Å². The van der Waals surface area contributed by atoms with Crippen LogP contribution in [0.4, 0.5) is 0 Å². The summed E-state index contributed by atoms with van der Waals surface area (Å²) in [7, 11) is 0. The SMILES string of the molecule is CCCc1cccc[n+]1CC(=O)c1ccccc1.[Br-]. The number of pyridine rings is 1. The van der Waals surface area contributed by atoms with Crippen LogP contribution in [0.1, 0.15) is 29.4 Å². The van der Waals surface area contributed by atoms with Gasteiger partial charge in [-0.1, -0.05) is 43.3 Å². The molecule has 0 bridgehead atoms. The molecule has 0 amide bonds. The van der Waals surface area contributed by atoms with Gasteiger partial charge < -0.3 is 17.0 Å². The number of ketones is 1. The highest BCUT2D eigenvalue weighted by Gasteiger charge is 2.14. The second-order valence-electron chi connectivity index (χ2n) is 4.36. The highest BCUT2D eigenvalue weighted by atomic mass is 79.9. The molecule has 2 aromatic rings. The van der Waals surface area contributed by atoms with Crippen molar-refractivity contribution in [3.8, 4) is 0 Å². The van der Waals surface area contributed by atoms with Crippen molar-refractivity contribution in [1.82, 2.24) is 0 Å². The standard InChI is InChI=1S/C16H18NO.BrH/c1-2-8-15-11-6-7-12-17(15)13-16(18)14-9-4-3-5-10-14;/h3-7,9-12H,2,8,13H2,1H3;1H/q+1;/p-1. The second kappa shape index (κ2) is 7.85. The van der Waals surface area contributed by atoms with Crippen molar-refractivity contribution < 1.29 is 26.3 Å². The van der Waals surface area contributed by atoms with Gasteiger partial charge in [0, 0.05) is 24.1 Å². The average Bonchev–Trinajstić information content (AvgIpc) is 2.42. The first kappa shape index (κ1) is 15.6. The number of halogens is 1.